The summed E-state index contributed by atoms with van der Waals surface area (Å²) in [5.41, 5.74) is 2.87. The van der Waals surface area contributed by atoms with E-state index < -0.39 is 0 Å². The van der Waals surface area contributed by atoms with Gasteiger partial charge in [0.25, 0.3) is 0 Å². The number of hydrazone groups is 1. The molecule has 0 saturated carbocycles. The molecular formula is C46H106N10O2. The fourth-order valence-electron chi connectivity index (χ4n) is 2.76. The Morgan fingerprint density at radius 1 is 0.707 bits per heavy atom. The summed E-state index contributed by atoms with van der Waals surface area (Å²) in [5.74, 6) is 1.68. The van der Waals surface area contributed by atoms with Crippen molar-refractivity contribution < 1.29 is 9.57 Å². The van der Waals surface area contributed by atoms with Crippen molar-refractivity contribution in [2.24, 2.45) is 42.5 Å². The highest BCUT2D eigenvalue weighted by Crippen LogP contribution is 2.00. The second-order valence-corrected chi connectivity index (χ2v) is 14.8. The minimum atomic E-state index is 0.356. The Morgan fingerprint density at radius 2 is 1.19 bits per heavy atom. The van der Waals surface area contributed by atoms with Crippen molar-refractivity contribution >= 4 is 23.9 Å². The zero-order valence-corrected chi connectivity index (χ0v) is 44.2. The van der Waals surface area contributed by atoms with Crippen molar-refractivity contribution in [3.8, 4) is 0 Å². The van der Waals surface area contributed by atoms with E-state index in [4.69, 9.17) is 4.74 Å². The number of allylic oxidation sites excluding steroid dienone is 2. The smallest absolute Gasteiger partial charge is 0.106 e. The molecule has 0 rings (SSSR count). The van der Waals surface area contributed by atoms with Crippen LogP contribution >= 0.6 is 0 Å². The van der Waals surface area contributed by atoms with Crippen LogP contribution in [0, 0.1) is 11.8 Å². The Morgan fingerprint density at radius 3 is 1.24 bits per heavy atom. The van der Waals surface area contributed by atoms with Crippen LogP contribution in [0.25, 0.3) is 0 Å². The number of ether oxygens (including phenoxy) is 1. The SMILES string of the molecule is C/C=C\N(C)C.C/C=N\N=C(C)C.C=C(C)N(C)/N=C\C.CCCC(C)C.CCCN(C)C.CCN(C)CC.CN=NC(C)C.COCCC(C)C.CON=C(C)C. The Labute approximate surface area is 365 Å². The van der Waals surface area contributed by atoms with E-state index in [-0.39, 0.29) is 0 Å². The maximum absolute atomic E-state index is 4.85. The fourth-order valence-corrected chi connectivity index (χ4v) is 2.76. The molecule has 12 heteroatoms. The van der Waals surface area contributed by atoms with Crippen LogP contribution in [0.3, 0.4) is 0 Å². The molecule has 352 valence electrons. The van der Waals surface area contributed by atoms with E-state index in [1.165, 1.54) is 39.3 Å². The highest BCUT2D eigenvalue weighted by Gasteiger charge is 1.89. The van der Waals surface area contributed by atoms with Crippen molar-refractivity contribution in [1.29, 1.82) is 0 Å². The van der Waals surface area contributed by atoms with Gasteiger partial charge in [0.15, 0.2) is 0 Å². The summed E-state index contributed by atoms with van der Waals surface area (Å²) in [4.78, 5) is 10.8. The molecule has 0 amide bonds. The highest BCUT2D eigenvalue weighted by atomic mass is 16.6. The summed E-state index contributed by atoms with van der Waals surface area (Å²) in [6.07, 6.45) is 12.5. The molecule has 0 aliphatic heterocycles. The van der Waals surface area contributed by atoms with E-state index in [1.807, 2.05) is 108 Å². The van der Waals surface area contributed by atoms with Gasteiger partial charge in [-0.05, 0) is 141 Å². The third-order valence-corrected chi connectivity index (χ3v) is 5.80. The summed E-state index contributed by atoms with van der Waals surface area (Å²) < 4.78 is 4.85. The normalized spacial score (nSPS) is 9.79. The van der Waals surface area contributed by atoms with Crippen LogP contribution in [0.2, 0.25) is 0 Å². The summed E-state index contributed by atoms with van der Waals surface area (Å²) in [5, 5.41) is 23.9. The first-order valence-corrected chi connectivity index (χ1v) is 21.2. The van der Waals surface area contributed by atoms with Gasteiger partial charge in [0.1, 0.15) is 7.11 Å². The zero-order valence-electron chi connectivity index (χ0n) is 44.2. The topological polar surface area (TPSA) is 106 Å². The summed E-state index contributed by atoms with van der Waals surface area (Å²) in [6, 6.07) is 0.356. The number of hydrogen-bond acceptors (Lipinski definition) is 12. The molecule has 0 radical (unpaired) electrons. The molecular weight excluding hydrogens is 725 g/mol. The fraction of sp³-hybridized carbons (Fsp3) is 0.826. The predicted molar refractivity (Wildman–Crippen MR) is 269 cm³/mol. The first-order valence-electron chi connectivity index (χ1n) is 21.2. The Balaban J connectivity index is -0.0000000667. The lowest BCUT2D eigenvalue weighted by Crippen LogP contribution is -2.15. The average Bonchev–Trinajstić information content (AvgIpc) is 3.11. The number of oxime groups is 1. The lowest BCUT2D eigenvalue weighted by Gasteiger charge is -2.09. The third-order valence-electron chi connectivity index (χ3n) is 5.80. The van der Waals surface area contributed by atoms with Gasteiger partial charge in [-0.25, -0.2) is 0 Å². The number of hydrogen-bond donors (Lipinski definition) is 0. The van der Waals surface area contributed by atoms with E-state index in [2.05, 4.69) is 128 Å². The second kappa shape index (κ2) is 68.7. The molecule has 0 aliphatic rings. The molecule has 0 fully saturated rings. The first kappa shape index (κ1) is 75.8. The van der Waals surface area contributed by atoms with E-state index in [0.29, 0.717) is 6.04 Å². The van der Waals surface area contributed by atoms with E-state index in [1.54, 1.807) is 31.6 Å². The highest BCUT2D eigenvalue weighted by molar-refractivity contribution is 5.79. The number of nitrogens with zero attached hydrogens (tertiary/aromatic N) is 10. The molecule has 0 bridgehead atoms. The van der Waals surface area contributed by atoms with Crippen molar-refractivity contribution in [3.63, 3.8) is 0 Å². The maximum atomic E-state index is 4.85. The van der Waals surface area contributed by atoms with Crippen LogP contribution in [0.4, 0.5) is 0 Å². The summed E-state index contributed by atoms with van der Waals surface area (Å²) in [7, 11) is 17.1. The zero-order chi connectivity index (χ0) is 47.9. The van der Waals surface area contributed by atoms with Gasteiger partial charge in [-0.15, -0.1) is 0 Å². The van der Waals surface area contributed by atoms with Gasteiger partial charge in [0.2, 0.25) is 0 Å². The standard InChI is InChI=1S/C6H12N2.C6H14O.C6H14.C5H10N2.C5H13N.C5H11N.C5H13N.C4H10N2.C4H9NO/c1-5-7-8(4)6(2)3;1-6(2)4-5-7-3;1-4-5-6(2)3;1-4-6-7-5(2)3;2*1-4-5-6(2)3;1-4-6(3)5-2;1-4(2)6-5-3;1-4(2)5-6-3/h5H,2H2,1,3-4H3;6H,4-5H2,1-3H3;6H,4-5H2,1-3H3;4H,1-3H3;4-5H2,1-3H3;4-5H,1-3H3;4-5H2,1-3H3;4H,1-3H3;1-3H3/b7-5-;;;6-4-;;5-4-;;;. The molecule has 0 aromatic heterocycles. The molecule has 0 aromatic carbocycles. The van der Waals surface area contributed by atoms with Crippen LogP contribution in [0.15, 0.2) is 55.2 Å². The average molecular weight is 831 g/mol. The van der Waals surface area contributed by atoms with Crippen molar-refractivity contribution in [2.45, 2.75) is 156 Å². The molecule has 0 unspecified atom stereocenters. The van der Waals surface area contributed by atoms with Gasteiger partial charge < -0.3 is 24.3 Å². The van der Waals surface area contributed by atoms with Crippen LogP contribution in [0.5, 0.6) is 0 Å². The Bertz CT molecular complexity index is 874. The quantitative estimate of drug-likeness (QED) is 0.0924. The second-order valence-electron chi connectivity index (χ2n) is 14.8. The van der Waals surface area contributed by atoms with Gasteiger partial charge in [-0.2, -0.15) is 25.5 Å². The minimum Gasteiger partial charge on any atom is -0.399 e. The van der Waals surface area contributed by atoms with Crippen LogP contribution < -0.4 is 0 Å². The van der Waals surface area contributed by atoms with Crippen LogP contribution in [0.1, 0.15) is 150 Å². The lowest BCUT2D eigenvalue weighted by molar-refractivity contribution is 0.183. The van der Waals surface area contributed by atoms with E-state index in [0.717, 1.165) is 48.7 Å². The van der Waals surface area contributed by atoms with E-state index >= 15 is 0 Å². The van der Waals surface area contributed by atoms with Crippen molar-refractivity contribution in [2.75, 3.05) is 89.8 Å². The van der Waals surface area contributed by atoms with Crippen LogP contribution in [-0.2, 0) is 9.57 Å². The number of rotatable bonds is 15. The lowest BCUT2D eigenvalue weighted by atomic mass is 10.1. The molecule has 0 N–H and O–H groups in total. The monoisotopic (exact) mass is 831 g/mol. The molecule has 0 atom stereocenters. The van der Waals surface area contributed by atoms with Gasteiger partial charge in [-0.3, -0.25) is 5.01 Å². The first-order chi connectivity index (χ1) is 26.9. The van der Waals surface area contributed by atoms with Gasteiger partial charge in [0, 0.05) is 65.7 Å². The number of methoxy groups -OCH3 is 1. The molecule has 0 spiro atoms. The number of azo groups is 1. The van der Waals surface area contributed by atoms with Crippen molar-refractivity contribution in [3.05, 3.63) is 24.6 Å². The third kappa shape index (κ3) is 149. The van der Waals surface area contributed by atoms with Gasteiger partial charge in [0.05, 0.1) is 11.8 Å². The van der Waals surface area contributed by atoms with Gasteiger partial charge >= 0.3 is 0 Å². The molecule has 0 heterocycles. The molecule has 0 aromatic rings. The minimum absolute atomic E-state index is 0.356. The van der Waals surface area contributed by atoms with Crippen LogP contribution in [-0.4, -0.2) is 139 Å². The van der Waals surface area contributed by atoms with E-state index in [9.17, 15) is 0 Å². The predicted octanol–water partition coefficient (Wildman–Crippen LogP) is 12.6. The maximum Gasteiger partial charge on any atom is 0.106 e. The summed E-state index contributed by atoms with van der Waals surface area (Å²) >= 11 is 0. The van der Waals surface area contributed by atoms with Gasteiger partial charge in [-0.1, -0.05) is 86.0 Å². The largest absolute Gasteiger partial charge is 0.399 e. The molecule has 12 nitrogen and oxygen atoms in total. The Hall–Kier alpha value is -2.96. The molecule has 0 aliphatic carbocycles. The Kier molecular flexibility index (Phi) is 89.8. The van der Waals surface area contributed by atoms with Crippen molar-refractivity contribution in [1.82, 2.24) is 19.7 Å². The summed E-state index contributed by atoms with van der Waals surface area (Å²) in [6.45, 7) is 44.9. The molecule has 0 saturated heterocycles. The molecule has 58 heavy (non-hydrogen) atoms.